The molecule has 0 aliphatic carbocycles. The number of carbonyl (C=O) groups excluding carboxylic acids is 1. The molecule has 4 nitrogen and oxygen atoms in total. The lowest BCUT2D eigenvalue weighted by molar-refractivity contribution is -0.123. The van der Waals surface area contributed by atoms with Crippen LogP contribution in [0.1, 0.15) is 52.4 Å². The number of hydrogen-bond donors (Lipinski definition) is 2. The average molecular weight is 283 g/mol. The third kappa shape index (κ3) is 7.25. The number of amides is 1. The molecule has 0 spiro atoms. The summed E-state index contributed by atoms with van der Waals surface area (Å²) in [5.74, 6) is 0.980. The van der Waals surface area contributed by atoms with Gasteiger partial charge in [0.25, 0.3) is 0 Å². The van der Waals surface area contributed by atoms with Crippen LogP contribution >= 0.6 is 0 Å². The minimum atomic E-state index is 0.195. The second-order valence-electron chi connectivity index (χ2n) is 6.24. The van der Waals surface area contributed by atoms with Gasteiger partial charge in [0.1, 0.15) is 0 Å². The van der Waals surface area contributed by atoms with Gasteiger partial charge in [-0.25, -0.2) is 0 Å². The molecule has 1 atom stereocenters. The average Bonchev–Trinajstić information content (AvgIpc) is 2.41. The number of piperidine rings is 1. The molecule has 1 fully saturated rings. The van der Waals surface area contributed by atoms with Crippen molar-refractivity contribution in [1.82, 2.24) is 15.5 Å². The number of rotatable bonds is 9. The Morgan fingerprint density at radius 2 is 2.00 bits per heavy atom. The molecule has 1 saturated heterocycles. The van der Waals surface area contributed by atoms with E-state index in [0.29, 0.717) is 12.6 Å². The second kappa shape index (κ2) is 10.2. The Hall–Kier alpha value is -0.610. The molecule has 0 bridgehead atoms. The zero-order chi connectivity index (χ0) is 14.8. The molecule has 1 aliphatic heterocycles. The van der Waals surface area contributed by atoms with Crippen molar-refractivity contribution in [2.75, 3.05) is 33.2 Å². The van der Waals surface area contributed by atoms with E-state index in [9.17, 15) is 4.79 Å². The molecule has 0 saturated carbocycles. The normalized spacial score (nSPS) is 18.9. The van der Waals surface area contributed by atoms with E-state index < -0.39 is 0 Å². The van der Waals surface area contributed by atoms with E-state index in [0.717, 1.165) is 32.0 Å². The monoisotopic (exact) mass is 283 g/mol. The van der Waals surface area contributed by atoms with Gasteiger partial charge < -0.3 is 10.6 Å². The molecule has 4 heteroatoms. The molecule has 2 N–H and O–H groups in total. The molecular formula is C16H33N3O. The van der Waals surface area contributed by atoms with E-state index in [4.69, 9.17) is 0 Å². The Bertz CT molecular complexity index is 262. The summed E-state index contributed by atoms with van der Waals surface area (Å²) in [5, 5.41) is 6.38. The van der Waals surface area contributed by atoms with Gasteiger partial charge in [0, 0.05) is 6.04 Å². The number of nitrogens with one attached hydrogen (secondary N) is 2. The fourth-order valence-corrected chi connectivity index (χ4v) is 2.93. The summed E-state index contributed by atoms with van der Waals surface area (Å²) in [4.78, 5) is 14.3. The molecule has 1 heterocycles. The Labute approximate surface area is 124 Å². The fourth-order valence-electron chi connectivity index (χ4n) is 2.93. The van der Waals surface area contributed by atoms with E-state index in [1.54, 1.807) is 0 Å². The van der Waals surface area contributed by atoms with Crippen LogP contribution < -0.4 is 10.6 Å². The van der Waals surface area contributed by atoms with Crippen molar-refractivity contribution in [1.29, 1.82) is 0 Å². The molecule has 1 aliphatic rings. The van der Waals surface area contributed by atoms with Crippen molar-refractivity contribution in [3.8, 4) is 0 Å². The summed E-state index contributed by atoms with van der Waals surface area (Å²) >= 11 is 0. The van der Waals surface area contributed by atoms with Gasteiger partial charge in [-0.3, -0.25) is 9.69 Å². The van der Waals surface area contributed by atoms with E-state index in [2.05, 4.69) is 29.4 Å². The van der Waals surface area contributed by atoms with Crippen LogP contribution in [0.2, 0.25) is 0 Å². The summed E-state index contributed by atoms with van der Waals surface area (Å²) in [6.07, 6.45) is 7.24. The maximum atomic E-state index is 12.0. The van der Waals surface area contributed by atoms with Crippen LogP contribution in [-0.2, 0) is 4.79 Å². The van der Waals surface area contributed by atoms with Gasteiger partial charge in [-0.15, -0.1) is 0 Å². The van der Waals surface area contributed by atoms with Crippen LogP contribution in [0.25, 0.3) is 0 Å². The van der Waals surface area contributed by atoms with Crippen LogP contribution in [0.3, 0.4) is 0 Å². The maximum absolute atomic E-state index is 12.0. The molecule has 0 aromatic rings. The lowest BCUT2D eigenvalue weighted by Gasteiger charge is -2.31. The van der Waals surface area contributed by atoms with Crippen LogP contribution in [0.15, 0.2) is 0 Å². The third-order valence-electron chi connectivity index (χ3n) is 4.22. The molecule has 0 aromatic heterocycles. The highest BCUT2D eigenvalue weighted by Gasteiger charge is 2.20. The first-order valence-electron chi connectivity index (χ1n) is 8.32. The number of unbranched alkanes of at least 4 members (excludes halogenated alkanes) is 2. The lowest BCUT2D eigenvalue weighted by atomic mass is 9.97. The highest BCUT2D eigenvalue weighted by atomic mass is 16.2. The number of hydrogen-bond acceptors (Lipinski definition) is 3. The van der Waals surface area contributed by atoms with Gasteiger partial charge in [-0.2, -0.15) is 0 Å². The largest absolute Gasteiger partial charge is 0.353 e. The summed E-state index contributed by atoms with van der Waals surface area (Å²) < 4.78 is 0. The van der Waals surface area contributed by atoms with Crippen molar-refractivity contribution in [2.45, 2.75) is 58.4 Å². The molecule has 1 unspecified atom stereocenters. The van der Waals surface area contributed by atoms with Gasteiger partial charge >= 0.3 is 0 Å². The van der Waals surface area contributed by atoms with E-state index in [1.807, 2.05) is 7.05 Å². The molecule has 118 valence electrons. The zero-order valence-corrected chi connectivity index (χ0v) is 13.6. The molecular weight excluding hydrogens is 250 g/mol. The van der Waals surface area contributed by atoms with Crippen molar-refractivity contribution >= 4 is 5.91 Å². The fraction of sp³-hybridized carbons (Fsp3) is 0.938. The van der Waals surface area contributed by atoms with Crippen LogP contribution in [0.5, 0.6) is 0 Å². The highest BCUT2D eigenvalue weighted by Crippen LogP contribution is 2.15. The smallest absolute Gasteiger partial charge is 0.234 e. The summed E-state index contributed by atoms with van der Waals surface area (Å²) in [6.45, 7) is 8.13. The second-order valence-corrected chi connectivity index (χ2v) is 6.24. The predicted octanol–water partition coefficient (Wildman–Crippen LogP) is 2.00. The Kier molecular flexibility index (Phi) is 8.86. The summed E-state index contributed by atoms with van der Waals surface area (Å²) in [5.41, 5.74) is 0. The van der Waals surface area contributed by atoms with Crippen molar-refractivity contribution in [3.63, 3.8) is 0 Å². The van der Waals surface area contributed by atoms with Gasteiger partial charge in [0.15, 0.2) is 0 Å². The van der Waals surface area contributed by atoms with Gasteiger partial charge in [-0.05, 0) is 58.8 Å². The first-order valence-corrected chi connectivity index (χ1v) is 8.32. The van der Waals surface area contributed by atoms with Crippen LogP contribution in [0, 0.1) is 5.92 Å². The molecule has 1 rings (SSSR count). The first-order chi connectivity index (χ1) is 9.65. The summed E-state index contributed by atoms with van der Waals surface area (Å²) in [7, 11) is 2.01. The SMILES string of the molecule is CCCCCC(C)NC(=O)CN1CCC(CNC)CC1. The van der Waals surface area contributed by atoms with Crippen molar-refractivity contribution in [2.24, 2.45) is 5.92 Å². The molecule has 1 amide bonds. The molecule has 0 aromatic carbocycles. The minimum absolute atomic E-state index is 0.195. The Morgan fingerprint density at radius 3 is 2.60 bits per heavy atom. The minimum Gasteiger partial charge on any atom is -0.353 e. The first kappa shape index (κ1) is 17.4. The van der Waals surface area contributed by atoms with Gasteiger partial charge in [-0.1, -0.05) is 26.2 Å². The van der Waals surface area contributed by atoms with Gasteiger partial charge in [0.2, 0.25) is 5.91 Å². The number of nitrogens with zero attached hydrogens (tertiary/aromatic N) is 1. The van der Waals surface area contributed by atoms with E-state index in [-0.39, 0.29) is 5.91 Å². The maximum Gasteiger partial charge on any atom is 0.234 e. The Balaban J connectivity index is 2.13. The quantitative estimate of drug-likeness (QED) is 0.636. The zero-order valence-electron chi connectivity index (χ0n) is 13.6. The van der Waals surface area contributed by atoms with E-state index >= 15 is 0 Å². The highest BCUT2D eigenvalue weighted by molar-refractivity contribution is 5.78. The topological polar surface area (TPSA) is 44.4 Å². The van der Waals surface area contributed by atoms with Gasteiger partial charge in [0.05, 0.1) is 6.54 Å². The number of carbonyl (C=O) groups is 1. The summed E-state index contributed by atoms with van der Waals surface area (Å²) in [6, 6.07) is 0.316. The lowest BCUT2D eigenvalue weighted by Crippen LogP contribution is -2.44. The van der Waals surface area contributed by atoms with E-state index in [1.165, 1.54) is 32.1 Å². The van der Waals surface area contributed by atoms with Crippen molar-refractivity contribution in [3.05, 3.63) is 0 Å². The predicted molar refractivity (Wildman–Crippen MR) is 84.8 cm³/mol. The van der Waals surface area contributed by atoms with Crippen LogP contribution in [0.4, 0.5) is 0 Å². The molecule has 0 radical (unpaired) electrons. The molecule has 20 heavy (non-hydrogen) atoms. The third-order valence-corrected chi connectivity index (χ3v) is 4.22. The Morgan fingerprint density at radius 1 is 1.30 bits per heavy atom. The van der Waals surface area contributed by atoms with Crippen molar-refractivity contribution < 1.29 is 4.79 Å². The van der Waals surface area contributed by atoms with Crippen LogP contribution in [-0.4, -0.2) is 50.1 Å². The number of likely N-dealkylation sites (tertiary alicyclic amines) is 1. The standard InChI is InChI=1S/C16H33N3O/c1-4-5-6-7-14(2)18-16(20)13-19-10-8-15(9-11-19)12-17-3/h14-15,17H,4-13H2,1-3H3,(H,18,20).